The number of hydrogen-bond donors (Lipinski definition) is 1. The normalized spacial score (nSPS) is 12.5. The fourth-order valence-electron chi connectivity index (χ4n) is 3.86. The number of phenols is 1. The van der Waals surface area contributed by atoms with Crippen LogP contribution in [0.15, 0.2) is 24.3 Å². The SMILES string of the molecule is Cc1cc(C)c(CCc2cc(C(C)(C)C)c(O)c(C(C)(C)C)c2)c(C)c1. The van der Waals surface area contributed by atoms with E-state index in [2.05, 4.69) is 86.6 Å². The third kappa shape index (κ3) is 4.50. The third-order valence-electron chi connectivity index (χ3n) is 5.29. The number of aryl methyl sites for hydroxylation is 4. The Labute approximate surface area is 160 Å². The summed E-state index contributed by atoms with van der Waals surface area (Å²) in [5, 5.41) is 10.9. The second kappa shape index (κ2) is 7.10. The van der Waals surface area contributed by atoms with Crippen LogP contribution in [-0.4, -0.2) is 5.11 Å². The number of hydrogen-bond acceptors (Lipinski definition) is 1. The summed E-state index contributed by atoms with van der Waals surface area (Å²) in [7, 11) is 0. The fraction of sp³-hybridized carbons (Fsp3) is 0.520. The molecule has 0 amide bonds. The van der Waals surface area contributed by atoms with Gasteiger partial charge in [0, 0.05) is 0 Å². The lowest BCUT2D eigenvalue weighted by Crippen LogP contribution is -2.18. The predicted molar refractivity (Wildman–Crippen MR) is 114 cm³/mol. The van der Waals surface area contributed by atoms with Crippen molar-refractivity contribution in [3.63, 3.8) is 0 Å². The van der Waals surface area contributed by atoms with E-state index in [0.717, 1.165) is 24.0 Å². The Bertz CT molecular complexity index is 740. The molecule has 142 valence electrons. The fourth-order valence-corrected chi connectivity index (χ4v) is 3.86. The van der Waals surface area contributed by atoms with Crippen LogP contribution >= 0.6 is 0 Å². The van der Waals surface area contributed by atoms with Crippen molar-refractivity contribution in [2.75, 3.05) is 0 Å². The largest absolute Gasteiger partial charge is 0.507 e. The maximum Gasteiger partial charge on any atom is 0.123 e. The van der Waals surface area contributed by atoms with Crippen LogP contribution in [0.5, 0.6) is 5.75 Å². The molecule has 0 spiro atoms. The summed E-state index contributed by atoms with van der Waals surface area (Å²) in [6.07, 6.45) is 2.03. The Morgan fingerprint density at radius 2 is 1.12 bits per heavy atom. The Hall–Kier alpha value is -1.76. The second-order valence-corrected chi connectivity index (χ2v) is 9.92. The van der Waals surface area contributed by atoms with Gasteiger partial charge in [-0.25, -0.2) is 0 Å². The van der Waals surface area contributed by atoms with E-state index in [1.54, 1.807) is 0 Å². The van der Waals surface area contributed by atoms with Crippen molar-refractivity contribution in [1.82, 2.24) is 0 Å². The van der Waals surface area contributed by atoms with Crippen molar-refractivity contribution < 1.29 is 5.11 Å². The highest BCUT2D eigenvalue weighted by molar-refractivity contribution is 5.50. The van der Waals surface area contributed by atoms with E-state index in [1.807, 2.05) is 0 Å². The summed E-state index contributed by atoms with van der Waals surface area (Å²) < 4.78 is 0. The van der Waals surface area contributed by atoms with Crippen molar-refractivity contribution in [3.8, 4) is 5.75 Å². The average molecular weight is 353 g/mol. The molecule has 0 aromatic heterocycles. The van der Waals surface area contributed by atoms with E-state index < -0.39 is 0 Å². The molecule has 2 rings (SSSR count). The lowest BCUT2D eigenvalue weighted by molar-refractivity contribution is 0.422. The van der Waals surface area contributed by atoms with E-state index in [1.165, 1.54) is 27.8 Å². The minimum atomic E-state index is -0.0736. The zero-order valence-electron chi connectivity index (χ0n) is 18.2. The number of rotatable bonds is 3. The minimum absolute atomic E-state index is 0.0736. The Morgan fingerprint density at radius 1 is 0.692 bits per heavy atom. The first-order valence-electron chi connectivity index (χ1n) is 9.74. The molecule has 0 bridgehead atoms. The lowest BCUT2D eigenvalue weighted by atomic mass is 9.78. The van der Waals surface area contributed by atoms with Gasteiger partial charge in [0.2, 0.25) is 0 Å². The van der Waals surface area contributed by atoms with Crippen LogP contribution in [0.25, 0.3) is 0 Å². The number of phenolic OH excluding ortho intramolecular Hbond substituents is 1. The van der Waals surface area contributed by atoms with E-state index in [4.69, 9.17) is 0 Å². The summed E-state index contributed by atoms with van der Waals surface area (Å²) in [5.41, 5.74) is 8.83. The molecular weight excluding hydrogens is 316 g/mol. The average Bonchev–Trinajstić information content (AvgIpc) is 2.44. The molecule has 0 fully saturated rings. The minimum Gasteiger partial charge on any atom is -0.507 e. The summed E-state index contributed by atoms with van der Waals surface area (Å²) in [6, 6.07) is 8.98. The summed E-state index contributed by atoms with van der Waals surface area (Å²) in [6.45, 7) is 19.6. The van der Waals surface area contributed by atoms with Gasteiger partial charge in [0.25, 0.3) is 0 Å². The van der Waals surface area contributed by atoms with E-state index in [0.29, 0.717) is 5.75 Å². The zero-order valence-corrected chi connectivity index (χ0v) is 18.2. The molecule has 1 N–H and O–H groups in total. The first-order valence-corrected chi connectivity index (χ1v) is 9.74. The molecule has 0 aliphatic heterocycles. The van der Waals surface area contributed by atoms with Gasteiger partial charge >= 0.3 is 0 Å². The van der Waals surface area contributed by atoms with Crippen LogP contribution in [0.3, 0.4) is 0 Å². The molecule has 1 heteroatoms. The van der Waals surface area contributed by atoms with Crippen LogP contribution in [0.4, 0.5) is 0 Å². The first-order chi connectivity index (χ1) is 11.8. The Morgan fingerprint density at radius 3 is 1.50 bits per heavy atom. The van der Waals surface area contributed by atoms with Crippen molar-refractivity contribution in [2.45, 2.75) is 86.0 Å². The van der Waals surface area contributed by atoms with E-state index in [-0.39, 0.29) is 10.8 Å². The van der Waals surface area contributed by atoms with Crippen LogP contribution in [-0.2, 0) is 23.7 Å². The van der Waals surface area contributed by atoms with Crippen LogP contribution in [0.1, 0.15) is 80.5 Å². The van der Waals surface area contributed by atoms with Gasteiger partial charge in [-0.1, -0.05) is 71.4 Å². The van der Waals surface area contributed by atoms with Gasteiger partial charge in [-0.3, -0.25) is 0 Å². The topological polar surface area (TPSA) is 20.2 Å². The highest BCUT2D eigenvalue weighted by atomic mass is 16.3. The summed E-state index contributed by atoms with van der Waals surface area (Å²) in [4.78, 5) is 0. The molecule has 0 aliphatic rings. The molecule has 0 heterocycles. The van der Waals surface area contributed by atoms with Gasteiger partial charge in [-0.05, 0) is 77.8 Å². The van der Waals surface area contributed by atoms with E-state index in [9.17, 15) is 5.11 Å². The van der Waals surface area contributed by atoms with Gasteiger partial charge in [0.05, 0.1) is 0 Å². The van der Waals surface area contributed by atoms with Gasteiger partial charge < -0.3 is 5.11 Å². The maximum atomic E-state index is 10.9. The quantitative estimate of drug-likeness (QED) is 0.652. The van der Waals surface area contributed by atoms with Gasteiger partial charge in [-0.15, -0.1) is 0 Å². The highest BCUT2D eigenvalue weighted by Gasteiger charge is 2.26. The van der Waals surface area contributed by atoms with E-state index >= 15 is 0 Å². The molecule has 0 unspecified atom stereocenters. The molecule has 2 aromatic carbocycles. The summed E-state index contributed by atoms with van der Waals surface area (Å²) in [5.74, 6) is 0.469. The highest BCUT2D eigenvalue weighted by Crippen LogP contribution is 2.40. The van der Waals surface area contributed by atoms with Crippen molar-refractivity contribution >= 4 is 0 Å². The molecule has 0 saturated carbocycles. The first kappa shape index (κ1) is 20.6. The monoisotopic (exact) mass is 352 g/mol. The Kier molecular flexibility index (Phi) is 5.61. The second-order valence-electron chi connectivity index (χ2n) is 9.92. The lowest BCUT2D eigenvalue weighted by Gasteiger charge is -2.28. The molecule has 2 aromatic rings. The predicted octanol–water partition coefficient (Wildman–Crippen LogP) is 6.70. The molecule has 26 heavy (non-hydrogen) atoms. The number of benzene rings is 2. The maximum absolute atomic E-state index is 10.9. The molecule has 0 atom stereocenters. The summed E-state index contributed by atoms with van der Waals surface area (Å²) >= 11 is 0. The molecule has 0 saturated heterocycles. The third-order valence-corrected chi connectivity index (χ3v) is 5.29. The van der Waals surface area contributed by atoms with Crippen LogP contribution < -0.4 is 0 Å². The standard InChI is InChI=1S/C25H36O/c1-16-12-17(2)20(18(3)13-16)11-10-19-14-21(24(4,5)6)23(26)22(15-19)25(7,8)9/h12-15,26H,10-11H2,1-9H3. The van der Waals surface area contributed by atoms with Gasteiger partial charge in [0.15, 0.2) is 0 Å². The van der Waals surface area contributed by atoms with Crippen molar-refractivity contribution in [2.24, 2.45) is 0 Å². The van der Waals surface area contributed by atoms with Crippen molar-refractivity contribution in [3.05, 3.63) is 63.2 Å². The van der Waals surface area contributed by atoms with Crippen LogP contribution in [0, 0.1) is 20.8 Å². The van der Waals surface area contributed by atoms with Gasteiger partial charge in [-0.2, -0.15) is 0 Å². The molecule has 0 aliphatic carbocycles. The molecule has 0 radical (unpaired) electrons. The Balaban J connectivity index is 2.44. The number of aromatic hydroxyl groups is 1. The van der Waals surface area contributed by atoms with Crippen molar-refractivity contribution in [1.29, 1.82) is 0 Å². The molecule has 1 nitrogen and oxygen atoms in total. The zero-order chi connectivity index (χ0) is 19.9. The molecular formula is C25H36O. The smallest absolute Gasteiger partial charge is 0.123 e. The van der Waals surface area contributed by atoms with Crippen LogP contribution in [0.2, 0.25) is 0 Å². The van der Waals surface area contributed by atoms with Gasteiger partial charge in [0.1, 0.15) is 5.75 Å².